The molecule has 84 valence electrons. The lowest BCUT2D eigenvalue weighted by Crippen LogP contribution is -2.14. The van der Waals surface area contributed by atoms with Gasteiger partial charge in [-0.3, -0.25) is 10.1 Å². The Morgan fingerprint density at radius 2 is 2.12 bits per heavy atom. The summed E-state index contributed by atoms with van der Waals surface area (Å²) in [5.41, 5.74) is -1.60. The van der Waals surface area contributed by atoms with Crippen molar-refractivity contribution in [1.82, 2.24) is 0 Å². The minimum Gasteiger partial charge on any atom is -0.378 e. The molecule has 0 radical (unpaired) electrons. The van der Waals surface area contributed by atoms with Crippen LogP contribution in [0.5, 0.6) is 0 Å². The van der Waals surface area contributed by atoms with Gasteiger partial charge in [0.15, 0.2) is 0 Å². The molecule has 0 aliphatic rings. The van der Waals surface area contributed by atoms with Crippen LogP contribution in [0, 0.1) is 27.8 Å². The minimum atomic E-state index is -1.27. The zero-order valence-corrected chi connectivity index (χ0v) is 8.82. The molecule has 1 aromatic rings. The predicted molar refractivity (Wildman–Crippen MR) is 56.2 cm³/mol. The highest BCUT2D eigenvalue weighted by molar-refractivity contribution is 5.44. The van der Waals surface area contributed by atoms with Crippen molar-refractivity contribution in [2.75, 3.05) is 0 Å². The molecule has 1 rings (SSSR count). The topological polar surface area (TPSA) is 63.4 Å². The molecule has 0 aliphatic heterocycles. The normalized spacial score (nSPS) is 10.5. The Hall–Kier alpha value is -1.93. The van der Waals surface area contributed by atoms with Gasteiger partial charge in [0.05, 0.1) is 10.5 Å². The molecule has 1 N–H and O–H groups in total. The molecule has 4 nitrogen and oxygen atoms in total. The first-order valence-electron chi connectivity index (χ1n) is 4.49. The van der Waals surface area contributed by atoms with E-state index in [1.807, 2.05) is 0 Å². The zero-order valence-electron chi connectivity index (χ0n) is 8.82. The van der Waals surface area contributed by atoms with E-state index in [-0.39, 0.29) is 11.3 Å². The first-order chi connectivity index (χ1) is 7.29. The lowest BCUT2D eigenvalue weighted by Gasteiger charge is -2.05. The van der Waals surface area contributed by atoms with Crippen molar-refractivity contribution >= 4 is 5.69 Å². The standard InChI is InChI=1S/C11H10FNO3/c1-11(2,14)6-5-8-7-9(13(15)16)3-4-10(8)12/h3-4,7,14H,1-2H3. The SMILES string of the molecule is CC(C)(O)C#Cc1cc([N+](=O)[O-])ccc1F. The Balaban J connectivity index is 3.17. The molecule has 16 heavy (non-hydrogen) atoms. The van der Waals surface area contributed by atoms with Gasteiger partial charge in [0.2, 0.25) is 0 Å². The zero-order chi connectivity index (χ0) is 12.3. The molecule has 5 heteroatoms. The molecule has 0 bridgehead atoms. The summed E-state index contributed by atoms with van der Waals surface area (Å²) in [4.78, 5) is 9.82. The van der Waals surface area contributed by atoms with E-state index in [4.69, 9.17) is 0 Å². The van der Waals surface area contributed by atoms with Crippen LogP contribution >= 0.6 is 0 Å². The van der Waals surface area contributed by atoms with Gasteiger partial charge >= 0.3 is 0 Å². The highest BCUT2D eigenvalue weighted by Crippen LogP contribution is 2.16. The summed E-state index contributed by atoms with van der Waals surface area (Å²) in [5.74, 6) is 4.11. The fourth-order valence-corrected chi connectivity index (χ4v) is 0.943. The number of hydrogen-bond acceptors (Lipinski definition) is 3. The van der Waals surface area contributed by atoms with E-state index < -0.39 is 16.3 Å². The number of hydrogen-bond donors (Lipinski definition) is 1. The van der Waals surface area contributed by atoms with Crippen LogP contribution in [-0.4, -0.2) is 15.6 Å². The van der Waals surface area contributed by atoms with Crippen molar-refractivity contribution < 1.29 is 14.4 Å². The molecule has 0 unspecified atom stereocenters. The van der Waals surface area contributed by atoms with Gasteiger partial charge in [0, 0.05) is 12.1 Å². The molecular weight excluding hydrogens is 213 g/mol. The molecule has 1 aromatic carbocycles. The smallest absolute Gasteiger partial charge is 0.270 e. The second-order valence-corrected chi connectivity index (χ2v) is 3.73. The van der Waals surface area contributed by atoms with E-state index >= 15 is 0 Å². The number of nitrogens with zero attached hydrogens (tertiary/aromatic N) is 1. The van der Waals surface area contributed by atoms with Crippen LogP contribution in [0.15, 0.2) is 18.2 Å². The van der Waals surface area contributed by atoms with Crippen LogP contribution < -0.4 is 0 Å². The Morgan fingerprint density at radius 3 is 2.62 bits per heavy atom. The van der Waals surface area contributed by atoms with Gasteiger partial charge in [-0.05, 0) is 19.9 Å². The van der Waals surface area contributed by atoms with Gasteiger partial charge < -0.3 is 5.11 Å². The van der Waals surface area contributed by atoms with E-state index in [9.17, 15) is 19.6 Å². The van der Waals surface area contributed by atoms with Gasteiger partial charge in [-0.1, -0.05) is 11.8 Å². The molecule has 0 fully saturated rings. The Morgan fingerprint density at radius 1 is 1.50 bits per heavy atom. The van der Waals surface area contributed by atoms with Gasteiger partial charge in [-0.25, -0.2) is 4.39 Å². The highest BCUT2D eigenvalue weighted by atomic mass is 19.1. The first kappa shape index (κ1) is 12.1. The second kappa shape index (κ2) is 4.29. The minimum absolute atomic E-state index is 0.101. The summed E-state index contributed by atoms with van der Waals surface area (Å²) in [7, 11) is 0. The summed E-state index contributed by atoms with van der Waals surface area (Å²) in [5, 5.41) is 19.8. The summed E-state index contributed by atoms with van der Waals surface area (Å²) in [6, 6.07) is 3.07. The monoisotopic (exact) mass is 223 g/mol. The van der Waals surface area contributed by atoms with Crippen molar-refractivity contribution in [1.29, 1.82) is 0 Å². The average molecular weight is 223 g/mol. The molecule has 0 heterocycles. The highest BCUT2D eigenvalue weighted by Gasteiger charge is 2.10. The molecule has 0 atom stereocenters. The Labute approximate surface area is 91.9 Å². The van der Waals surface area contributed by atoms with Crippen molar-refractivity contribution in [2.24, 2.45) is 0 Å². The van der Waals surface area contributed by atoms with Crippen LogP contribution in [0.4, 0.5) is 10.1 Å². The fraction of sp³-hybridized carbons (Fsp3) is 0.273. The molecule has 0 amide bonds. The lowest BCUT2D eigenvalue weighted by atomic mass is 10.1. The second-order valence-electron chi connectivity index (χ2n) is 3.73. The van der Waals surface area contributed by atoms with Gasteiger partial charge in [0.1, 0.15) is 11.4 Å². The van der Waals surface area contributed by atoms with E-state index in [1.54, 1.807) is 0 Å². The van der Waals surface area contributed by atoms with Crippen molar-refractivity contribution in [3.05, 3.63) is 39.7 Å². The molecular formula is C11H10FNO3. The summed E-state index contributed by atoms with van der Waals surface area (Å²) in [6.07, 6.45) is 0. The van der Waals surface area contributed by atoms with E-state index in [1.165, 1.54) is 13.8 Å². The molecule has 0 aliphatic carbocycles. The Kier molecular flexibility index (Phi) is 3.25. The van der Waals surface area contributed by atoms with Crippen LogP contribution in [0.2, 0.25) is 0 Å². The third-order valence-corrected chi connectivity index (χ3v) is 1.66. The predicted octanol–water partition coefficient (Wildman–Crippen LogP) is 1.86. The molecule has 0 saturated heterocycles. The number of nitro groups is 1. The maximum atomic E-state index is 13.2. The summed E-state index contributed by atoms with van der Waals surface area (Å²) >= 11 is 0. The maximum absolute atomic E-state index is 13.2. The van der Waals surface area contributed by atoms with E-state index in [2.05, 4.69) is 11.8 Å². The summed E-state index contributed by atoms with van der Waals surface area (Å²) < 4.78 is 13.2. The average Bonchev–Trinajstić information content (AvgIpc) is 2.14. The molecule has 0 aromatic heterocycles. The molecule has 0 spiro atoms. The number of benzene rings is 1. The van der Waals surface area contributed by atoms with E-state index in [0.29, 0.717) is 0 Å². The van der Waals surface area contributed by atoms with Gasteiger partial charge in [-0.2, -0.15) is 0 Å². The van der Waals surface area contributed by atoms with Gasteiger partial charge in [-0.15, -0.1) is 0 Å². The fourth-order valence-electron chi connectivity index (χ4n) is 0.943. The third-order valence-electron chi connectivity index (χ3n) is 1.66. The van der Waals surface area contributed by atoms with Crippen molar-refractivity contribution in [3.8, 4) is 11.8 Å². The van der Waals surface area contributed by atoms with Crippen LogP contribution in [0.25, 0.3) is 0 Å². The number of halogens is 1. The number of non-ortho nitro benzene ring substituents is 1. The third kappa shape index (κ3) is 3.33. The Bertz CT molecular complexity index is 480. The largest absolute Gasteiger partial charge is 0.378 e. The quantitative estimate of drug-likeness (QED) is 0.449. The van der Waals surface area contributed by atoms with E-state index in [0.717, 1.165) is 18.2 Å². The van der Waals surface area contributed by atoms with Crippen LogP contribution in [0.1, 0.15) is 19.4 Å². The van der Waals surface area contributed by atoms with Crippen LogP contribution in [0.3, 0.4) is 0 Å². The lowest BCUT2D eigenvalue weighted by molar-refractivity contribution is -0.384. The molecule has 0 saturated carbocycles. The van der Waals surface area contributed by atoms with Crippen molar-refractivity contribution in [2.45, 2.75) is 19.4 Å². The number of rotatable bonds is 1. The number of nitro benzene ring substituents is 1. The van der Waals surface area contributed by atoms with Crippen molar-refractivity contribution in [3.63, 3.8) is 0 Å². The first-order valence-corrected chi connectivity index (χ1v) is 4.49. The maximum Gasteiger partial charge on any atom is 0.270 e. The number of aliphatic hydroxyl groups is 1. The van der Waals surface area contributed by atoms with Crippen LogP contribution in [-0.2, 0) is 0 Å². The van der Waals surface area contributed by atoms with Gasteiger partial charge in [0.25, 0.3) is 5.69 Å². The summed E-state index contributed by atoms with van der Waals surface area (Å²) in [6.45, 7) is 2.88.